The van der Waals surface area contributed by atoms with Crippen molar-refractivity contribution in [3.63, 3.8) is 0 Å². The van der Waals surface area contributed by atoms with Crippen LogP contribution in [-0.4, -0.2) is 79.9 Å². The molecule has 1 fully saturated rings. The number of carbonyl (C=O) groups excluding carboxylic acids is 2. The quantitative estimate of drug-likeness (QED) is 0.458. The second kappa shape index (κ2) is 12.3. The van der Waals surface area contributed by atoms with Crippen LogP contribution in [-0.2, 0) is 19.6 Å². The summed E-state index contributed by atoms with van der Waals surface area (Å²) in [5.74, 6) is -0.541. The zero-order valence-corrected chi connectivity index (χ0v) is 24.4. The van der Waals surface area contributed by atoms with Crippen LogP contribution in [0.15, 0.2) is 64.7 Å². The number of nitrogens with zero attached hydrogens (tertiary/aromatic N) is 3. The Morgan fingerprint density at radius 2 is 1.79 bits per heavy atom. The molecule has 0 radical (unpaired) electrons. The van der Waals surface area contributed by atoms with Gasteiger partial charge in [0.15, 0.2) is 0 Å². The number of likely N-dealkylation sites (N-methyl/N-ethyl adjacent to an activating group) is 1. The number of ether oxygens (including phenoxy) is 1. The van der Waals surface area contributed by atoms with E-state index in [1.807, 2.05) is 13.8 Å². The molecule has 2 amide bonds. The molecule has 0 spiro atoms. The van der Waals surface area contributed by atoms with Gasteiger partial charge in [0.25, 0.3) is 0 Å². The van der Waals surface area contributed by atoms with Gasteiger partial charge < -0.3 is 10.1 Å². The van der Waals surface area contributed by atoms with Crippen LogP contribution in [0.2, 0.25) is 10.0 Å². The fraction of sp³-hybridized carbons (Fsp3) is 0.407. The Bertz CT molecular complexity index is 1370. The van der Waals surface area contributed by atoms with Crippen molar-refractivity contribution in [2.24, 2.45) is 0 Å². The highest BCUT2D eigenvalue weighted by Gasteiger charge is 2.40. The smallest absolute Gasteiger partial charge is 0.338 e. The average Bonchev–Trinajstić information content (AvgIpc) is 2.90. The molecule has 39 heavy (non-hydrogen) atoms. The Kier molecular flexibility index (Phi) is 9.23. The standard InChI is InChI=1S/C27H32Cl2N4O5S/c1-4-32-23(17-31-13-14-33(18(3)16-31)39(36,37)20-9-7-6-8-10-20)24(26(34)38-5-2)25(30-27(32)35)19-11-12-21(28)22(29)15-19/h6-12,15,18,25H,4-5,13-14,16-17H2,1-3H3,(H,30,35). The maximum atomic E-state index is 13.3. The van der Waals surface area contributed by atoms with Gasteiger partial charge in [-0.15, -0.1) is 0 Å². The number of esters is 1. The molecule has 12 heteroatoms. The summed E-state index contributed by atoms with van der Waals surface area (Å²) < 4.78 is 33.4. The van der Waals surface area contributed by atoms with Crippen LogP contribution in [0.5, 0.6) is 0 Å². The maximum Gasteiger partial charge on any atom is 0.338 e. The van der Waals surface area contributed by atoms with Crippen LogP contribution in [0.3, 0.4) is 0 Å². The van der Waals surface area contributed by atoms with Gasteiger partial charge >= 0.3 is 12.0 Å². The van der Waals surface area contributed by atoms with Crippen LogP contribution in [0.4, 0.5) is 4.79 Å². The van der Waals surface area contributed by atoms with E-state index in [9.17, 15) is 18.0 Å². The van der Waals surface area contributed by atoms with Crippen LogP contribution < -0.4 is 5.32 Å². The van der Waals surface area contributed by atoms with Crippen molar-refractivity contribution < 1.29 is 22.7 Å². The summed E-state index contributed by atoms with van der Waals surface area (Å²) in [4.78, 5) is 30.4. The van der Waals surface area contributed by atoms with Gasteiger partial charge in [-0.25, -0.2) is 18.0 Å². The summed E-state index contributed by atoms with van der Waals surface area (Å²) in [6.45, 7) is 7.28. The van der Waals surface area contributed by atoms with Crippen molar-refractivity contribution in [2.75, 3.05) is 39.3 Å². The molecule has 2 atom stereocenters. The minimum absolute atomic E-state index is 0.164. The fourth-order valence-electron chi connectivity index (χ4n) is 5.06. The van der Waals surface area contributed by atoms with E-state index in [4.69, 9.17) is 27.9 Å². The van der Waals surface area contributed by atoms with E-state index < -0.39 is 22.0 Å². The van der Waals surface area contributed by atoms with Crippen LogP contribution in [0, 0.1) is 0 Å². The first-order valence-electron chi connectivity index (χ1n) is 12.8. The van der Waals surface area contributed by atoms with E-state index in [1.54, 1.807) is 55.5 Å². The van der Waals surface area contributed by atoms with Crippen LogP contribution >= 0.6 is 23.2 Å². The highest BCUT2D eigenvalue weighted by atomic mass is 35.5. The normalized spacial score (nSPS) is 21.2. The monoisotopic (exact) mass is 594 g/mol. The van der Waals surface area contributed by atoms with Crippen molar-refractivity contribution in [1.29, 1.82) is 0 Å². The molecule has 2 aromatic rings. The molecule has 4 rings (SSSR count). The Morgan fingerprint density at radius 1 is 1.08 bits per heavy atom. The molecule has 2 aromatic carbocycles. The number of sulfonamides is 1. The molecule has 2 aliphatic heterocycles. The van der Waals surface area contributed by atoms with E-state index in [-0.39, 0.29) is 36.7 Å². The molecular formula is C27H32Cl2N4O5S. The molecular weight excluding hydrogens is 563 g/mol. The van der Waals surface area contributed by atoms with E-state index in [0.29, 0.717) is 46.5 Å². The minimum atomic E-state index is -3.65. The number of hydrogen-bond acceptors (Lipinski definition) is 6. The van der Waals surface area contributed by atoms with E-state index >= 15 is 0 Å². The lowest BCUT2D eigenvalue weighted by molar-refractivity contribution is -0.139. The Hall–Kier alpha value is -2.63. The first kappa shape index (κ1) is 29.4. The highest BCUT2D eigenvalue weighted by molar-refractivity contribution is 7.89. The summed E-state index contributed by atoms with van der Waals surface area (Å²) in [5.41, 5.74) is 1.42. The Balaban J connectivity index is 1.67. The van der Waals surface area contributed by atoms with Gasteiger partial charge in [0.2, 0.25) is 10.0 Å². The fourth-order valence-corrected chi connectivity index (χ4v) is 7.00. The van der Waals surface area contributed by atoms with Crippen molar-refractivity contribution in [3.05, 3.63) is 75.4 Å². The van der Waals surface area contributed by atoms with Gasteiger partial charge in [0, 0.05) is 44.5 Å². The third-order valence-electron chi connectivity index (χ3n) is 6.90. The molecule has 9 nitrogen and oxygen atoms in total. The molecule has 2 heterocycles. The maximum absolute atomic E-state index is 13.3. The predicted octanol–water partition coefficient (Wildman–Crippen LogP) is 4.29. The lowest BCUT2D eigenvalue weighted by atomic mass is 9.94. The molecule has 210 valence electrons. The van der Waals surface area contributed by atoms with Crippen LogP contribution in [0.1, 0.15) is 32.4 Å². The molecule has 0 aliphatic carbocycles. The lowest BCUT2D eigenvalue weighted by Gasteiger charge is -2.42. The van der Waals surface area contributed by atoms with Crippen molar-refractivity contribution in [2.45, 2.75) is 37.8 Å². The second-order valence-electron chi connectivity index (χ2n) is 9.39. The first-order chi connectivity index (χ1) is 18.6. The van der Waals surface area contributed by atoms with Gasteiger partial charge in [-0.1, -0.05) is 47.5 Å². The van der Waals surface area contributed by atoms with Gasteiger partial charge in [-0.05, 0) is 50.6 Å². The molecule has 0 aromatic heterocycles. The number of carbonyl (C=O) groups is 2. The molecule has 2 unspecified atom stereocenters. The Labute approximate surface area is 239 Å². The van der Waals surface area contributed by atoms with Crippen molar-refractivity contribution in [1.82, 2.24) is 19.4 Å². The highest BCUT2D eigenvalue weighted by Crippen LogP contribution is 2.35. The van der Waals surface area contributed by atoms with E-state index in [1.165, 1.54) is 9.21 Å². The zero-order valence-electron chi connectivity index (χ0n) is 22.1. The summed E-state index contributed by atoms with van der Waals surface area (Å²) in [5, 5.41) is 3.57. The number of amides is 2. The summed E-state index contributed by atoms with van der Waals surface area (Å²) >= 11 is 12.4. The van der Waals surface area contributed by atoms with Crippen molar-refractivity contribution in [3.8, 4) is 0 Å². The summed E-state index contributed by atoms with van der Waals surface area (Å²) in [7, 11) is -3.65. The van der Waals surface area contributed by atoms with Gasteiger partial charge in [-0.2, -0.15) is 4.31 Å². The van der Waals surface area contributed by atoms with E-state index in [2.05, 4.69) is 10.2 Å². The topological polar surface area (TPSA) is 99.3 Å². The summed E-state index contributed by atoms with van der Waals surface area (Å²) in [6, 6.07) is 11.9. The minimum Gasteiger partial charge on any atom is -0.463 e. The average molecular weight is 596 g/mol. The number of hydrogen-bond donors (Lipinski definition) is 1. The molecule has 0 saturated carbocycles. The first-order valence-corrected chi connectivity index (χ1v) is 15.0. The number of halogens is 2. The third-order valence-corrected chi connectivity index (χ3v) is 9.67. The second-order valence-corrected chi connectivity index (χ2v) is 12.1. The molecule has 2 aliphatic rings. The third kappa shape index (κ3) is 6.10. The number of piperazine rings is 1. The molecule has 0 bridgehead atoms. The number of urea groups is 1. The lowest BCUT2D eigenvalue weighted by Crippen LogP contribution is -2.56. The SMILES string of the molecule is CCOC(=O)C1=C(CN2CCN(S(=O)(=O)c3ccccc3)C(C)C2)N(CC)C(=O)NC1c1ccc(Cl)c(Cl)c1. The number of benzene rings is 2. The van der Waals surface area contributed by atoms with Crippen molar-refractivity contribution >= 4 is 45.2 Å². The van der Waals surface area contributed by atoms with Gasteiger partial charge in [0.1, 0.15) is 0 Å². The Morgan fingerprint density at radius 3 is 2.41 bits per heavy atom. The molecule has 1 saturated heterocycles. The predicted molar refractivity (Wildman–Crippen MR) is 150 cm³/mol. The van der Waals surface area contributed by atoms with E-state index in [0.717, 1.165) is 0 Å². The zero-order chi connectivity index (χ0) is 28.3. The number of nitrogens with one attached hydrogen (secondary N) is 1. The van der Waals surface area contributed by atoms with Gasteiger partial charge in [-0.3, -0.25) is 9.80 Å². The largest absolute Gasteiger partial charge is 0.463 e. The number of rotatable bonds is 8. The summed E-state index contributed by atoms with van der Waals surface area (Å²) in [6.07, 6.45) is 0. The van der Waals surface area contributed by atoms with Gasteiger partial charge in [0.05, 0.1) is 33.2 Å². The molecule has 1 N–H and O–H groups in total. The van der Waals surface area contributed by atoms with Crippen LogP contribution in [0.25, 0.3) is 0 Å².